The van der Waals surface area contributed by atoms with Crippen LogP contribution in [0.25, 0.3) is 0 Å². The van der Waals surface area contributed by atoms with E-state index in [9.17, 15) is 22.7 Å². The molecule has 3 aromatic rings. The average Bonchev–Trinajstić information content (AvgIpc) is 2.84. The van der Waals surface area contributed by atoms with Crippen molar-refractivity contribution in [3.8, 4) is 5.75 Å². The van der Waals surface area contributed by atoms with E-state index >= 15 is 0 Å². The standard InChI is InChI=1S/C26H27FN2O5S.Na/c27-23-17-21(11-9-19(23)10-12-25(30)31)28-18-20-5-4-8-24-26(20)35(32,33)16-14-29(24)13-15-34-22-6-2-1-3-7-22;/h1-9,11,17,28H,10,12-16,18H2,(H,30,31);/q;+1/p-1. The molecule has 0 aromatic heterocycles. The van der Waals surface area contributed by atoms with Gasteiger partial charge < -0.3 is 24.9 Å². The normalized spacial score (nSPS) is 13.9. The number of rotatable bonds is 10. The van der Waals surface area contributed by atoms with E-state index in [1.807, 2.05) is 41.3 Å². The molecule has 0 saturated carbocycles. The monoisotopic (exact) mass is 520 g/mol. The number of carbonyl (C=O) groups excluding carboxylic acids is 1. The molecule has 1 N–H and O–H groups in total. The molecule has 0 bridgehead atoms. The first-order valence-electron chi connectivity index (χ1n) is 11.3. The van der Waals surface area contributed by atoms with E-state index in [-0.39, 0.29) is 65.2 Å². The van der Waals surface area contributed by atoms with Crippen LogP contribution in [0.2, 0.25) is 0 Å². The number of carboxylic acids is 1. The summed E-state index contributed by atoms with van der Waals surface area (Å²) in [5, 5.41) is 13.7. The molecule has 0 fully saturated rings. The minimum Gasteiger partial charge on any atom is -0.550 e. The number of aryl methyl sites for hydroxylation is 1. The van der Waals surface area contributed by atoms with Crippen molar-refractivity contribution in [1.82, 2.24) is 0 Å². The second-order valence-electron chi connectivity index (χ2n) is 8.26. The van der Waals surface area contributed by atoms with Crippen molar-refractivity contribution in [2.24, 2.45) is 0 Å². The molecule has 4 rings (SSSR count). The van der Waals surface area contributed by atoms with Crippen LogP contribution in [0, 0.1) is 5.82 Å². The van der Waals surface area contributed by atoms with Crippen molar-refractivity contribution in [2.45, 2.75) is 24.3 Å². The summed E-state index contributed by atoms with van der Waals surface area (Å²) in [4.78, 5) is 12.9. The molecular weight excluding hydrogens is 494 g/mol. The van der Waals surface area contributed by atoms with Gasteiger partial charge in [-0.15, -0.1) is 0 Å². The summed E-state index contributed by atoms with van der Waals surface area (Å²) in [6.45, 7) is 1.51. The Balaban J connectivity index is 0.00000361. The van der Waals surface area contributed by atoms with Crippen molar-refractivity contribution < 1.29 is 57.0 Å². The van der Waals surface area contributed by atoms with Crippen molar-refractivity contribution in [3.05, 3.63) is 83.7 Å². The maximum Gasteiger partial charge on any atom is 1.00 e. The largest absolute Gasteiger partial charge is 1.00 e. The molecule has 10 heteroatoms. The van der Waals surface area contributed by atoms with Gasteiger partial charge in [-0.1, -0.05) is 36.4 Å². The molecule has 184 valence electrons. The second kappa shape index (κ2) is 12.6. The second-order valence-corrected chi connectivity index (χ2v) is 10.3. The third-order valence-electron chi connectivity index (χ3n) is 5.87. The summed E-state index contributed by atoms with van der Waals surface area (Å²) >= 11 is 0. The zero-order valence-corrected chi connectivity index (χ0v) is 22.9. The quantitative estimate of drug-likeness (QED) is 0.370. The molecule has 1 heterocycles. The Morgan fingerprint density at radius 1 is 1.06 bits per heavy atom. The Morgan fingerprint density at radius 2 is 1.83 bits per heavy atom. The maximum atomic E-state index is 14.3. The van der Waals surface area contributed by atoms with Gasteiger partial charge in [0.05, 0.1) is 22.9 Å². The number of para-hydroxylation sites is 1. The van der Waals surface area contributed by atoms with Gasteiger partial charge in [0.1, 0.15) is 18.2 Å². The number of anilines is 2. The van der Waals surface area contributed by atoms with Crippen LogP contribution in [-0.2, 0) is 27.6 Å². The topological polar surface area (TPSA) is 98.8 Å². The Kier molecular flexibility index (Phi) is 9.78. The molecule has 7 nitrogen and oxygen atoms in total. The van der Waals surface area contributed by atoms with Gasteiger partial charge in [0.15, 0.2) is 9.84 Å². The molecule has 0 spiro atoms. The fourth-order valence-corrected chi connectivity index (χ4v) is 5.81. The molecule has 36 heavy (non-hydrogen) atoms. The Morgan fingerprint density at radius 3 is 2.56 bits per heavy atom. The number of ether oxygens (including phenoxy) is 1. The van der Waals surface area contributed by atoms with Crippen LogP contribution in [-0.4, -0.2) is 39.8 Å². The zero-order valence-electron chi connectivity index (χ0n) is 20.1. The zero-order chi connectivity index (χ0) is 24.8. The first kappa shape index (κ1) is 28.0. The van der Waals surface area contributed by atoms with Crippen molar-refractivity contribution in [2.75, 3.05) is 35.7 Å². The predicted molar refractivity (Wildman–Crippen MR) is 130 cm³/mol. The van der Waals surface area contributed by atoms with E-state index in [1.54, 1.807) is 18.2 Å². The fourth-order valence-electron chi connectivity index (χ4n) is 4.09. The minimum atomic E-state index is -3.48. The third-order valence-corrected chi connectivity index (χ3v) is 7.68. The molecule has 0 aliphatic carbocycles. The molecular formula is C26H26FN2NaO5S. The number of nitrogens with zero attached hydrogens (tertiary/aromatic N) is 1. The molecule has 1 aliphatic rings. The van der Waals surface area contributed by atoms with Crippen molar-refractivity contribution >= 4 is 27.2 Å². The summed E-state index contributed by atoms with van der Waals surface area (Å²) in [7, 11) is -3.48. The first-order valence-corrected chi connectivity index (χ1v) is 13.0. The van der Waals surface area contributed by atoms with Crippen LogP contribution in [0.3, 0.4) is 0 Å². The van der Waals surface area contributed by atoms with Crippen molar-refractivity contribution in [3.63, 3.8) is 0 Å². The summed E-state index contributed by atoms with van der Waals surface area (Å²) in [5.41, 5.74) is 1.99. The van der Waals surface area contributed by atoms with Gasteiger partial charge in [-0.05, 0) is 54.3 Å². The smallest absolute Gasteiger partial charge is 0.550 e. The van der Waals surface area contributed by atoms with E-state index in [0.717, 1.165) is 5.75 Å². The van der Waals surface area contributed by atoms with E-state index in [4.69, 9.17) is 4.74 Å². The molecule has 0 amide bonds. The summed E-state index contributed by atoms with van der Waals surface area (Å²) in [6, 6.07) is 19.2. The fraction of sp³-hybridized carbons (Fsp3) is 0.269. The van der Waals surface area contributed by atoms with Crippen LogP contribution in [0.15, 0.2) is 71.6 Å². The van der Waals surface area contributed by atoms with E-state index in [1.165, 1.54) is 12.1 Å². The van der Waals surface area contributed by atoms with Crippen LogP contribution in [0.5, 0.6) is 5.75 Å². The van der Waals surface area contributed by atoms with Crippen LogP contribution in [0.1, 0.15) is 17.5 Å². The Hall–Kier alpha value is -2.59. The first-order chi connectivity index (χ1) is 16.8. The van der Waals surface area contributed by atoms with Gasteiger partial charge in [0.25, 0.3) is 0 Å². The average molecular weight is 521 g/mol. The third kappa shape index (κ3) is 7.00. The number of nitrogens with one attached hydrogen (secondary N) is 1. The Labute approximate surface area is 232 Å². The van der Waals surface area contributed by atoms with Gasteiger partial charge in [-0.2, -0.15) is 0 Å². The number of hydrogen-bond acceptors (Lipinski definition) is 7. The van der Waals surface area contributed by atoms with Gasteiger partial charge in [-0.25, -0.2) is 12.8 Å². The summed E-state index contributed by atoms with van der Waals surface area (Å²) in [6.07, 6.45) is -0.215. The minimum absolute atomic E-state index is 0. The number of fused-ring (bicyclic) bond motifs is 1. The van der Waals surface area contributed by atoms with E-state index in [2.05, 4.69) is 5.32 Å². The van der Waals surface area contributed by atoms with Crippen molar-refractivity contribution in [1.29, 1.82) is 0 Å². The van der Waals surface area contributed by atoms with Gasteiger partial charge in [0.2, 0.25) is 0 Å². The van der Waals surface area contributed by atoms with Crippen LogP contribution < -0.4 is 49.6 Å². The van der Waals surface area contributed by atoms with E-state index < -0.39 is 21.6 Å². The summed E-state index contributed by atoms with van der Waals surface area (Å²) < 4.78 is 46.1. The molecule has 1 aliphatic heterocycles. The number of halogens is 1. The maximum absolute atomic E-state index is 14.3. The van der Waals surface area contributed by atoms with E-state index in [0.29, 0.717) is 36.6 Å². The van der Waals surface area contributed by atoms with Crippen LogP contribution >= 0.6 is 0 Å². The SMILES string of the molecule is O=C([O-])CCc1ccc(NCc2cccc3c2S(=O)(=O)CCN3CCOc2ccccc2)cc1F.[Na+]. The Bertz CT molecular complexity index is 1300. The molecule has 0 saturated heterocycles. The predicted octanol–water partition coefficient (Wildman–Crippen LogP) is -0.203. The molecule has 0 atom stereocenters. The van der Waals surface area contributed by atoms with Gasteiger partial charge in [-0.3, -0.25) is 0 Å². The molecule has 0 unspecified atom stereocenters. The molecule has 3 aromatic carbocycles. The number of carbonyl (C=O) groups is 1. The van der Waals surface area contributed by atoms with Gasteiger partial charge >= 0.3 is 29.6 Å². The van der Waals surface area contributed by atoms with Crippen LogP contribution in [0.4, 0.5) is 15.8 Å². The number of sulfone groups is 1. The number of benzene rings is 3. The molecule has 0 radical (unpaired) electrons. The number of aliphatic carboxylic acids is 1. The number of hydrogen-bond donors (Lipinski definition) is 1. The number of carboxylic acid groups (broad SMARTS) is 1. The summed E-state index contributed by atoms with van der Waals surface area (Å²) in [5.74, 6) is -0.997. The van der Waals surface area contributed by atoms with Gasteiger partial charge in [0, 0.05) is 24.7 Å².